The summed E-state index contributed by atoms with van der Waals surface area (Å²) in [4.78, 5) is 5.35. The fourth-order valence-corrected chi connectivity index (χ4v) is 3.67. The zero-order chi connectivity index (χ0) is 12.0. The molecule has 2 N–H and O–H groups in total. The van der Waals surface area contributed by atoms with Crippen LogP contribution in [0.2, 0.25) is 0 Å². The maximum Gasteiger partial charge on any atom is 0.0253 e. The van der Waals surface area contributed by atoms with Gasteiger partial charge in [0.25, 0.3) is 0 Å². The number of rotatable bonds is 2. The molecule has 3 fully saturated rings. The summed E-state index contributed by atoms with van der Waals surface area (Å²) in [6.45, 7) is 9.69. The second kappa shape index (κ2) is 4.22. The highest BCUT2D eigenvalue weighted by atomic mass is 15.3. The molecule has 0 aromatic rings. The number of hydrogen-bond donors (Lipinski definition) is 1. The Morgan fingerprint density at radius 3 is 2.00 bits per heavy atom. The van der Waals surface area contributed by atoms with E-state index in [0.29, 0.717) is 17.5 Å². The van der Waals surface area contributed by atoms with Crippen LogP contribution in [0.1, 0.15) is 39.5 Å². The van der Waals surface area contributed by atoms with Crippen molar-refractivity contribution in [3.8, 4) is 0 Å². The molecule has 3 heteroatoms. The molecule has 0 aromatic carbocycles. The molecular weight excluding hydrogens is 210 g/mol. The topological polar surface area (TPSA) is 32.5 Å². The van der Waals surface area contributed by atoms with Gasteiger partial charge in [0.2, 0.25) is 0 Å². The fourth-order valence-electron chi connectivity index (χ4n) is 3.67. The van der Waals surface area contributed by atoms with Crippen LogP contribution in [0.4, 0.5) is 0 Å². The van der Waals surface area contributed by atoms with Crippen molar-refractivity contribution in [2.45, 2.75) is 57.7 Å². The van der Waals surface area contributed by atoms with Gasteiger partial charge in [-0.15, -0.1) is 0 Å². The normalized spacial score (nSPS) is 39.7. The molecule has 0 amide bonds. The molecule has 1 heterocycles. The first-order valence-electron chi connectivity index (χ1n) is 7.31. The highest BCUT2D eigenvalue weighted by Crippen LogP contribution is 2.39. The SMILES string of the molecule is CC1(C)CCC(N2CCN(C3CC3)CC2)C1N. The molecule has 0 radical (unpaired) electrons. The van der Waals surface area contributed by atoms with Gasteiger partial charge in [-0.25, -0.2) is 0 Å². The van der Waals surface area contributed by atoms with Crippen LogP contribution in [0.15, 0.2) is 0 Å². The lowest BCUT2D eigenvalue weighted by molar-refractivity contribution is 0.0807. The first-order chi connectivity index (χ1) is 8.08. The molecule has 2 saturated carbocycles. The molecule has 1 aliphatic heterocycles. The summed E-state index contributed by atoms with van der Waals surface area (Å²) >= 11 is 0. The van der Waals surface area contributed by atoms with Gasteiger partial charge in [-0.1, -0.05) is 13.8 Å². The third-order valence-corrected chi connectivity index (χ3v) is 5.28. The van der Waals surface area contributed by atoms with Crippen LogP contribution < -0.4 is 5.73 Å². The van der Waals surface area contributed by atoms with Gasteiger partial charge in [-0.2, -0.15) is 0 Å². The van der Waals surface area contributed by atoms with Crippen molar-refractivity contribution >= 4 is 0 Å². The minimum Gasteiger partial charge on any atom is -0.326 e. The predicted molar refractivity (Wildman–Crippen MR) is 70.9 cm³/mol. The standard InChI is InChI=1S/C14H27N3/c1-14(2)6-5-12(13(14)15)17-9-7-16(8-10-17)11-3-4-11/h11-13H,3-10,15H2,1-2H3. The Morgan fingerprint density at radius 2 is 1.53 bits per heavy atom. The van der Waals surface area contributed by atoms with Gasteiger partial charge in [-0.3, -0.25) is 9.80 Å². The van der Waals surface area contributed by atoms with E-state index in [2.05, 4.69) is 23.6 Å². The van der Waals surface area contributed by atoms with Gasteiger partial charge in [0, 0.05) is 44.3 Å². The molecule has 0 spiro atoms. The highest BCUT2D eigenvalue weighted by molar-refractivity contribution is 5.00. The van der Waals surface area contributed by atoms with E-state index in [1.807, 2.05) is 0 Å². The van der Waals surface area contributed by atoms with Crippen molar-refractivity contribution in [2.75, 3.05) is 26.2 Å². The maximum absolute atomic E-state index is 6.44. The van der Waals surface area contributed by atoms with E-state index in [1.54, 1.807) is 0 Å². The van der Waals surface area contributed by atoms with E-state index in [0.717, 1.165) is 6.04 Å². The lowest BCUT2D eigenvalue weighted by atomic mass is 9.87. The molecule has 3 aliphatic rings. The van der Waals surface area contributed by atoms with E-state index in [-0.39, 0.29) is 0 Å². The molecular formula is C14H27N3. The van der Waals surface area contributed by atoms with Crippen LogP contribution in [0.3, 0.4) is 0 Å². The van der Waals surface area contributed by atoms with E-state index >= 15 is 0 Å². The Kier molecular flexibility index (Phi) is 2.96. The van der Waals surface area contributed by atoms with Crippen molar-refractivity contribution in [3.63, 3.8) is 0 Å². The molecule has 1 saturated heterocycles. The highest BCUT2D eigenvalue weighted by Gasteiger charge is 2.43. The largest absolute Gasteiger partial charge is 0.326 e. The van der Waals surface area contributed by atoms with E-state index in [4.69, 9.17) is 5.73 Å². The molecule has 0 aromatic heterocycles. The van der Waals surface area contributed by atoms with E-state index in [9.17, 15) is 0 Å². The molecule has 3 nitrogen and oxygen atoms in total. The lowest BCUT2D eigenvalue weighted by Gasteiger charge is -2.41. The predicted octanol–water partition coefficient (Wildman–Crippen LogP) is 1.28. The summed E-state index contributed by atoms with van der Waals surface area (Å²) in [5.41, 5.74) is 6.78. The van der Waals surface area contributed by atoms with Crippen molar-refractivity contribution in [1.82, 2.24) is 9.80 Å². The fraction of sp³-hybridized carbons (Fsp3) is 1.00. The summed E-state index contributed by atoms with van der Waals surface area (Å²) in [6, 6.07) is 1.95. The first kappa shape index (κ1) is 11.9. The Labute approximate surface area is 105 Å². The van der Waals surface area contributed by atoms with E-state index < -0.39 is 0 Å². The van der Waals surface area contributed by atoms with Gasteiger partial charge < -0.3 is 5.73 Å². The van der Waals surface area contributed by atoms with Gasteiger partial charge >= 0.3 is 0 Å². The van der Waals surface area contributed by atoms with Crippen molar-refractivity contribution in [3.05, 3.63) is 0 Å². The average Bonchev–Trinajstić information content (AvgIpc) is 3.10. The number of nitrogens with two attached hydrogens (primary N) is 1. The second-order valence-corrected chi connectivity index (χ2v) is 6.92. The average molecular weight is 237 g/mol. The third-order valence-electron chi connectivity index (χ3n) is 5.28. The molecule has 98 valence electrons. The quantitative estimate of drug-likeness (QED) is 0.785. The Balaban J connectivity index is 1.56. The Bertz CT molecular complexity index is 277. The van der Waals surface area contributed by atoms with Gasteiger partial charge in [-0.05, 0) is 31.1 Å². The lowest BCUT2D eigenvalue weighted by Crippen LogP contribution is -2.56. The van der Waals surface area contributed by atoms with Crippen molar-refractivity contribution in [2.24, 2.45) is 11.1 Å². The van der Waals surface area contributed by atoms with Crippen LogP contribution in [0.25, 0.3) is 0 Å². The summed E-state index contributed by atoms with van der Waals surface area (Å²) in [5.74, 6) is 0. The van der Waals surface area contributed by atoms with E-state index in [1.165, 1.54) is 51.9 Å². The molecule has 0 bridgehead atoms. The van der Waals surface area contributed by atoms with Crippen LogP contribution in [0, 0.1) is 5.41 Å². The summed E-state index contributed by atoms with van der Waals surface area (Å²) in [7, 11) is 0. The van der Waals surface area contributed by atoms with Gasteiger partial charge in [0.1, 0.15) is 0 Å². The van der Waals surface area contributed by atoms with Crippen LogP contribution >= 0.6 is 0 Å². The smallest absolute Gasteiger partial charge is 0.0253 e. The molecule has 3 rings (SSSR count). The number of nitrogens with zero attached hydrogens (tertiary/aromatic N) is 2. The maximum atomic E-state index is 6.44. The van der Waals surface area contributed by atoms with Gasteiger partial charge in [0.15, 0.2) is 0 Å². The minimum absolute atomic E-state index is 0.346. The Hall–Kier alpha value is -0.120. The molecule has 2 atom stereocenters. The van der Waals surface area contributed by atoms with Crippen LogP contribution in [-0.2, 0) is 0 Å². The molecule has 2 unspecified atom stereocenters. The van der Waals surface area contributed by atoms with Crippen LogP contribution in [0.5, 0.6) is 0 Å². The van der Waals surface area contributed by atoms with Crippen molar-refractivity contribution in [1.29, 1.82) is 0 Å². The first-order valence-corrected chi connectivity index (χ1v) is 7.31. The monoisotopic (exact) mass is 237 g/mol. The Morgan fingerprint density at radius 1 is 0.941 bits per heavy atom. The zero-order valence-electron chi connectivity index (χ0n) is 11.4. The summed E-state index contributed by atoms with van der Waals surface area (Å²) < 4.78 is 0. The van der Waals surface area contributed by atoms with Crippen LogP contribution in [-0.4, -0.2) is 54.1 Å². The molecule has 2 aliphatic carbocycles. The zero-order valence-corrected chi connectivity index (χ0v) is 11.4. The minimum atomic E-state index is 0.346. The molecule has 17 heavy (non-hydrogen) atoms. The second-order valence-electron chi connectivity index (χ2n) is 6.92. The van der Waals surface area contributed by atoms with Gasteiger partial charge in [0.05, 0.1) is 0 Å². The summed E-state index contributed by atoms with van der Waals surface area (Å²) in [6.07, 6.45) is 5.48. The number of piperazine rings is 1. The summed E-state index contributed by atoms with van der Waals surface area (Å²) in [5, 5.41) is 0. The van der Waals surface area contributed by atoms with Crippen molar-refractivity contribution < 1.29 is 0 Å². The number of hydrogen-bond acceptors (Lipinski definition) is 3. The third kappa shape index (κ3) is 2.25.